The lowest BCUT2D eigenvalue weighted by Crippen LogP contribution is -2.89. The van der Waals surface area contributed by atoms with E-state index in [2.05, 4.69) is 5.32 Å². The van der Waals surface area contributed by atoms with Gasteiger partial charge >= 0.3 is 0 Å². The van der Waals surface area contributed by atoms with Crippen molar-refractivity contribution >= 4 is 22.6 Å². The number of hydrogen-bond acceptors (Lipinski definition) is 5. The molecule has 8 heteroatoms. The zero-order valence-electron chi connectivity index (χ0n) is 13.8. The molecule has 0 bridgehead atoms. The normalized spacial score (nSPS) is 19.8. The molecule has 2 N–H and O–H groups in total. The number of pyridine rings is 1. The van der Waals surface area contributed by atoms with Gasteiger partial charge < -0.3 is 29.4 Å². The van der Waals surface area contributed by atoms with Crippen LogP contribution in [0.15, 0.2) is 17.1 Å². The molecule has 0 unspecified atom stereocenters. The molecule has 1 fully saturated rings. The number of carbonyl (C=O) groups is 1. The van der Waals surface area contributed by atoms with Gasteiger partial charge in [-0.3, -0.25) is 4.79 Å². The Morgan fingerprint density at radius 2 is 2.12 bits per heavy atom. The Morgan fingerprint density at radius 3 is 2.80 bits per heavy atom. The van der Waals surface area contributed by atoms with Gasteiger partial charge in [-0.1, -0.05) is 0 Å². The van der Waals surface area contributed by atoms with Crippen molar-refractivity contribution in [2.45, 2.75) is 13.0 Å². The Labute approximate surface area is 142 Å². The SMILES string of the molecule is C[C@H]1COc2c(N3CC[NH2+]CC3)c(F)cc3c(=O)c(C(=O)[O-])cn1c23. The highest BCUT2D eigenvalue weighted by Crippen LogP contribution is 2.41. The van der Waals surface area contributed by atoms with Crippen LogP contribution in [0.5, 0.6) is 5.75 Å². The van der Waals surface area contributed by atoms with Crippen LogP contribution in [0, 0.1) is 5.82 Å². The highest BCUT2D eigenvalue weighted by Gasteiger charge is 2.30. The molecule has 4 rings (SSSR count). The minimum Gasteiger partial charge on any atom is -0.545 e. The molecular weight excluding hydrogens is 329 g/mol. The maximum atomic E-state index is 14.9. The summed E-state index contributed by atoms with van der Waals surface area (Å²) in [6.07, 6.45) is 1.28. The summed E-state index contributed by atoms with van der Waals surface area (Å²) in [4.78, 5) is 25.7. The third kappa shape index (κ3) is 2.36. The fourth-order valence-electron chi connectivity index (χ4n) is 3.63. The average Bonchev–Trinajstić information content (AvgIpc) is 2.60. The lowest BCUT2D eigenvalue weighted by atomic mass is 10.1. The topological polar surface area (TPSA) is 91.2 Å². The number of carboxylic acids is 1. The Morgan fingerprint density at radius 1 is 1.40 bits per heavy atom. The van der Waals surface area contributed by atoms with Gasteiger partial charge in [0.2, 0.25) is 0 Å². The van der Waals surface area contributed by atoms with Gasteiger partial charge in [0.1, 0.15) is 12.3 Å². The van der Waals surface area contributed by atoms with E-state index < -0.39 is 22.8 Å². The number of piperazine rings is 1. The van der Waals surface area contributed by atoms with Gasteiger partial charge in [0.05, 0.1) is 54.7 Å². The molecular formula is C17H18FN3O4. The van der Waals surface area contributed by atoms with E-state index in [1.807, 2.05) is 11.8 Å². The van der Waals surface area contributed by atoms with Gasteiger partial charge in [-0.25, -0.2) is 4.39 Å². The number of ether oxygens (including phenoxy) is 1. The average molecular weight is 347 g/mol. The first-order valence-electron chi connectivity index (χ1n) is 8.31. The van der Waals surface area contributed by atoms with Crippen LogP contribution < -0.4 is 25.5 Å². The van der Waals surface area contributed by atoms with E-state index in [9.17, 15) is 19.1 Å². The number of aromatic nitrogens is 1. The minimum atomic E-state index is -1.56. The van der Waals surface area contributed by atoms with E-state index in [0.29, 0.717) is 30.0 Å². The number of quaternary nitrogens is 1. The minimum absolute atomic E-state index is 0.00747. The van der Waals surface area contributed by atoms with Crippen LogP contribution >= 0.6 is 0 Å². The predicted octanol–water partition coefficient (Wildman–Crippen LogP) is -1.16. The van der Waals surface area contributed by atoms with Crippen molar-refractivity contribution in [1.29, 1.82) is 0 Å². The largest absolute Gasteiger partial charge is 0.545 e. The van der Waals surface area contributed by atoms with Crippen LogP contribution in [0.4, 0.5) is 10.1 Å². The highest BCUT2D eigenvalue weighted by atomic mass is 19.1. The van der Waals surface area contributed by atoms with Gasteiger partial charge in [-0.2, -0.15) is 0 Å². The highest BCUT2D eigenvalue weighted by molar-refractivity contribution is 5.96. The van der Waals surface area contributed by atoms with Gasteiger partial charge in [-0.05, 0) is 13.0 Å². The number of rotatable bonds is 2. The molecule has 1 aromatic carbocycles. The molecule has 3 heterocycles. The van der Waals surface area contributed by atoms with Gasteiger partial charge in [-0.15, -0.1) is 0 Å². The van der Waals surface area contributed by atoms with E-state index >= 15 is 0 Å². The monoisotopic (exact) mass is 347 g/mol. The standard InChI is InChI=1S/C17H18FN3O4/c1-9-8-25-16-13-10(15(22)11(17(23)24)7-21(9)13)6-12(18)14(16)20-4-2-19-3-5-20/h6-7,9,19H,2-5,8H2,1H3,(H,23,24)/t9-/m0/s1. The summed E-state index contributed by atoms with van der Waals surface area (Å²) < 4.78 is 22.4. The fraction of sp³-hybridized carbons (Fsp3) is 0.412. The molecule has 0 saturated carbocycles. The molecule has 2 aliphatic heterocycles. The molecule has 132 valence electrons. The van der Waals surface area contributed by atoms with Gasteiger partial charge in [0, 0.05) is 6.20 Å². The number of benzene rings is 1. The third-order valence-electron chi connectivity index (χ3n) is 4.88. The Bertz CT molecular complexity index is 934. The lowest BCUT2D eigenvalue weighted by Gasteiger charge is -2.33. The van der Waals surface area contributed by atoms with Crippen LogP contribution in [0.2, 0.25) is 0 Å². The Hall–Kier alpha value is -2.61. The zero-order chi connectivity index (χ0) is 17.7. The number of nitrogens with zero attached hydrogens (tertiary/aromatic N) is 2. The molecule has 7 nitrogen and oxygen atoms in total. The first-order valence-corrected chi connectivity index (χ1v) is 8.31. The first-order chi connectivity index (χ1) is 12.0. The number of carboxylic acid groups (broad SMARTS) is 1. The van der Waals surface area contributed by atoms with E-state index in [1.54, 1.807) is 4.57 Å². The molecule has 1 aromatic heterocycles. The second-order valence-electron chi connectivity index (χ2n) is 6.51. The van der Waals surface area contributed by atoms with E-state index in [4.69, 9.17) is 4.74 Å². The van der Waals surface area contributed by atoms with Gasteiger partial charge in [0.15, 0.2) is 17.0 Å². The summed E-state index contributed by atoms with van der Waals surface area (Å²) in [5, 5.41) is 13.4. The van der Waals surface area contributed by atoms with Crippen molar-refractivity contribution in [1.82, 2.24) is 4.57 Å². The molecule has 0 aliphatic carbocycles. The quantitative estimate of drug-likeness (QED) is 0.740. The summed E-state index contributed by atoms with van der Waals surface area (Å²) in [7, 11) is 0. The summed E-state index contributed by atoms with van der Waals surface area (Å²) in [5.74, 6) is -1.82. The third-order valence-corrected chi connectivity index (χ3v) is 4.88. The van der Waals surface area contributed by atoms with Crippen molar-refractivity contribution in [3.63, 3.8) is 0 Å². The number of hydrogen-bond donors (Lipinski definition) is 1. The van der Waals surface area contributed by atoms with Crippen LogP contribution in [-0.2, 0) is 0 Å². The molecule has 0 radical (unpaired) electrons. The summed E-state index contributed by atoms with van der Waals surface area (Å²) in [6, 6.07) is 0.945. The van der Waals surface area contributed by atoms with Crippen molar-refractivity contribution in [2.75, 3.05) is 37.7 Å². The number of halogens is 1. The van der Waals surface area contributed by atoms with Crippen LogP contribution in [0.1, 0.15) is 23.3 Å². The van der Waals surface area contributed by atoms with Gasteiger partial charge in [0.25, 0.3) is 0 Å². The fourth-order valence-corrected chi connectivity index (χ4v) is 3.63. The maximum Gasteiger partial charge on any atom is 0.198 e. The molecule has 1 saturated heterocycles. The Kier molecular flexibility index (Phi) is 3.64. The Balaban J connectivity index is 2.06. The lowest BCUT2D eigenvalue weighted by molar-refractivity contribution is -0.655. The molecule has 2 aliphatic rings. The molecule has 2 aromatic rings. The van der Waals surface area contributed by atoms with Crippen LogP contribution in [-0.4, -0.2) is 43.3 Å². The maximum absolute atomic E-state index is 14.9. The second kappa shape index (κ2) is 5.73. The van der Waals surface area contributed by atoms with Crippen molar-refractivity contribution in [2.24, 2.45) is 0 Å². The number of aromatic carboxylic acids is 1. The smallest absolute Gasteiger partial charge is 0.198 e. The van der Waals surface area contributed by atoms with Crippen molar-refractivity contribution in [3.8, 4) is 5.75 Å². The van der Waals surface area contributed by atoms with E-state index in [0.717, 1.165) is 19.2 Å². The van der Waals surface area contributed by atoms with E-state index in [-0.39, 0.29) is 18.0 Å². The summed E-state index contributed by atoms with van der Waals surface area (Å²) in [6.45, 7) is 5.18. The second-order valence-corrected chi connectivity index (χ2v) is 6.51. The molecule has 0 amide bonds. The molecule has 1 atom stereocenters. The molecule has 25 heavy (non-hydrogen) atoms. The summed E-state index contributed by atoms with van der Waals surface area (Å²) in [5.41, 5.74) is -0.420. The van der Waals surface area contributed by atoms with Crippen LogP contribution in [0.25, 0.3) is 10.9 Å². The number of anilines is 1. The number of carbonyl (C=O) groups excluding carboxylic acids is 1. The summed E-state index contributed by atoms with van der Waals surface area (Å²) >= 11 is 0. The van der Waals surface area contributed by atoms with Crippen LogP contribution in [0.3, 0.4) is 0 Å². The van der Waals surface area contributed by atoms with E-state index in [1.165, 1.54) is 6.20 Å². The number of nitrogens with two attached hydrogens (primary N) is 1. The van der Waals surface area contributed by atoms with Crippen molar-refractivity contribution in [3.05, 3.63) is 33.9 Å². The zero-order valence-corrected chi connectivity index (χ0v) is 13.8. The molecule has 0 spiro atoms. The van der Waals surface area contributed by atoms with Crippen molar-refractivity contribution < 1.29 is 24.3 Å². The first kappa shape index (κ1) is 15.9. The predicted molar refractivity (Wildman–Crippen MR) is 86.6 cm³/mol.